The molecule has 0 aliphatic heterocycles. The molecule has 4 heteroatoms. The molecule has 0 saturated carbocycles. The van der Waals surface area contributed by atoms with Crippen LogP contribution in [0.4, 0.5) is 0 Å². The van der Waals surface area contributed by atoms with Crippen LogP contribution in [0.25, 0.3) is 0 Å². The van der Waals surface area contributed by atoms with Gasteiger partial charge in [-0.2, -0.15) is 0 Å². The van der Waals surface area contributed by atoms with Crippen LogP contribution >= 0.6 is 0 Å². The lowest BCUT2D eigenvalue weighted by atomic mass is 10.1. The van der Waals surface area contributed by atoms with Crippen molar-refractivity contribution in [3.8, 4) is 0 Å². The second-order valence-corrected chi connectivity index (χ2v) is 3.80. The molecule has 1 aromatic carbocycles. The molecule has 0 bridgehead atoms. The molecule has 0 radical (unpaired) electrons. The number of hydrogen-bond acceptors (Lipinski definition) is 3. The van der Waals surface area contributed by atoms with E-state index >= 15 is 0 Å². The minimum absolute atomic E-state index is 0.00179. The van der Waals surface area contributed by atoms with Crippen molar-refractivity contribution in [2.45, 2.75) is 13.3 Å². The molecular formula is C13H12N2O2. The van der Waals surface area contributed by atoms with Crippen LogP contribution in [0, 0.1) is 0 Å². The van der Waals surface area contributed by atoms with Crippen molar-refractivity contribution < 1.29 is 9.59 Å². The molecular weight excluding hydrogens is 216 g/mol. The third-order valence-electron chi connectivity index (χ3n) is 2.48. The van der Waals surface area contributed by atoms with Crippen LogP contribution in [0.2, 0.25) is 0 Å². The predicted molar refractivity (Wildman–Crippen MR) is 63.0 cm³/mol. The lowest BCUT2D eigenvalue weighted by Gasteiger charge is -2.03. The highest BCUT2D eigenvalue weighted by Gasteiger charge is 2.07. The smallest absolute Gasteiger partial charge is 0.236 e. The number of rotatable bonds is 3. The molecule has 2 aromatic rings. The Balaban J connectivity index is 2.16. The van der Waals surface area contributed by atoms with E-state index in [0.717, 1.165) is 5.56 Å². The number of carbonyl (C=O) groups excluding carboxylic acids is 2. The number of Topliss-reactive ketones (excluding diaryl/α,β-unsaturated/α-hetero) is 1. The molecule has 4 nitrogen and oxygen atoms in total. The Morgan fingerprint density at radius 2 is 2.18 bits per heavy atom. The Morgan fingerprint density at radius 3 is 2.82 bits per heavy atom. The van der Waals surface area contributed by atoms with Gasteiger partial charge in [-0.05, 0) is 18.6 Å². The molecule has 0 unspecified atom stereocenters. The topological polar surface area (TPSA) is 52.0 Å². The minimum Gasteiger partial charge on any atom is -0.295 e. The van der Waals surface area contributed by atoms with Gasteiger partial charge in [-0.15, -0.1) is 0 Å². The maximum atomic E-state index is 11.8. The van der Waals surface area contributed by atoms with Crippen molar-refractivity contribution in [2.24, 2.45) is 0 Å². The van der Waals surface area contributed by atoms with E-state index in [1.165, 1.54) is 17.8 Å². The van der Waals surface area contributed by atoms with Crippen molar-refractivity contribution in [1.29, 1.82) is 0 Å². The van der Waals surface area contributed by atoms with Gasteiger partial charge in [-0.25, -0.2) is 4.98 Å². The molecule has 1 heterocycles. The summed E-state index contributed by atoms with van der Waals surface area (Å²) in [7, 11) is 0. The van der Waals surface area contributed by atoms with Gasteiger partial charge >= 0.3 is 0 Å². The molecule has 1 aromatic heterocycles. The fourth-order valence-electron chi connectivity index (χ4n) is 1.57. The van der Waals surface area contributed by atoms with Gasteiger partial charge in [0.25, 0.3) is 0 Å². The Kier molecular flexibility index (Phi) is 3.14. The van der Waals surface area contributed by atoms with E-state index in [0.29, 0.717) is 5.56 Å². The molecule has 0 atom stereocenters. The number of ketones is 1. The maximum Gasteiger partial charge on any atom is 0.236 e. The third-order valence-corrected chi connectivity index (χ3v) is 2.48. The van der Waals surface area contributed by atoms with E-state index in [-0.39, 0.29) is 18.1 Å². The highest BCUT2D eigenvalue weighted by molar-refractivity contribution is 5.94. The summed E-state index contributed by atoms with van der Waals surface area (Å²) in [5, 5.41) is 0. The second kappa shape index (κ2) is 4.74. The summed E-state index contributed by atoms with van der Waals surface area (Å²) in [6.07, 6.45) is 4.90. The largest absolute Gasteiger partial charge is 0.295 e. The maximum absolute atomic E-state index is 11.8. The van der Waals surface area contributed by atoms with Crippen LogP contribution in [-0.4, -0.2) is 21.2 Å². The Hall–Kier alpha value is -2.23. The van der Waals surface area contributed by atoms with Gasteiger partial charge in [0, 0.05) is 18.0 Å². The molecule has 0 aliphatic carbocycles. The minimum atomic E-state index is -0.0665. The summed E-state index contributed by atoms with van der Waals surface area (Å²) < 4.78 is 1.43. The Labute approximate surface area is 98.9 Å². The predicted octanol–water partition coefficient (Wildman–Crippen LogP) is 1.97. The molecule has 2 rings (SSSR count). The van der Waals surface area contributed by atoms with Crippen LogP contribution < -0.4 is 0 Å². The van der Waals surface area contributed by atoms with E-state index < -0.39 is 0 Å². The summed E-state index contributed by atoms with van der Waals surface area (Å²) in [5.41, 5.74) is 1.46. The summed E-state index contributed by atoms with van der Waals surface area (Å²) in [6, 6.07) is 7.11. The van der Waals surface area contributed by atoms with Crippen LogP contribution in [-0.2, 0) is 6.42 Å². The first-order valence-electron chi connectivity index (χ1n) is 5.28. The molecule has 0 aliphatic rings. The fourth-order valence-corrected chi connectivity index (χ4v) is 1.57. The summed E-state index contributed by atoms with van der Waals surface area (Å²) in [5.74, 6) is -0.0647. The van der Waals surface area contributed by atoms with Crippen LogP contribution in [0.15, 0.2) is 43.0 Å². The van der Waals surface area contributed by atoms with E-state index in [2.05, 4.69) is 4.98 Å². The van der Waals surface area contributed by atoms with Gasteiger partial charge in [0.05, 0.1) is 6.42 Å². The highest BCUT2D eigenvalue weighted by atomic mass is 16.2. The number of hydrogen-bond donors (Lipinski definition) is 0. The van der Waals surface area contributed by atoms with Crippen LogP contribution in [0.1, 0.15) is 27.6 Å². The molecule has 86 valence electrons. The van der Waals surface area contributed by atoms with Gasteiger partial charge in [-0.1, -0.05) is 18.2 Å². The van der Waals surface area contributed by atoms with Gasteiger partial charge in [0.1, 0.15) is 6.33 Å². The summed E-state index contributed by atoms with van der Waals surface area (Å²) in [4.78, 5) is 26.8. The molecule has 0 N–H and O–H groups in total. The average Bonchev–Trinajstić information content (AvgIpc) is 2.82. The van der Waals surface area contributed by atoms with Crippen molar-refractivity contribution >= 4 is 11.7 Å². The SMILES string of the molecule is CC(=O)c1cccc(CC(=O)n2ccnc2)c1. The number of nitrogens with zero attached hydrogens (tertiary/aromatic N) is 2. The Bertz CT molecular complexity index is 544. The highest BCUT2D eigenvalue weighted by Crippen LogP contribution is 2.07. The number of carbonyl (C=O) groups is 2. The molecule has 0 fully saturated rings. The Morgan fingerprint density at radius 1 is 1.35 bits per heavy atom. The quantitative estimate of drug-likeness (QED) is 0.755. The third kappa shape index (κ3) is 2.66. The van der Waals surface area contributed by atoms with Crippen molar-refractivity contribution in [1.82, 2.24) is 9.55 Å². The molecule has 0 spiro atoms. The molecule has 0 saturated heterocycles. The molecule has 17 heavy (non-hydrogen) atoms. The van der Waals surface area contributed by atoms with Gasteiger partial charge in [0.15, 0.2) is 5.78 Å². The number of benzene rings is 1. The number of aromatic nitrogens is 2. The van der Waals surface area contributed by atoms with E-state index in [1.54, 1.807) is 30.6 Å². The first-order valence-corrected chi connectivity index (χ1v) is 5.28. The molecule has 0 amide bonds. The van der Waals surface area contributed by atoms with Gasteiger partial charge < -0.3 is 0 Å². The average molecular weight is 228 g/mol. The van der Waals surface area contributed by atoms with E-state index in [4.69, 9.17) is 0 Å². The lowest BCUT2D eigenvalue weighted by molar-refractivity contribution is 0.0912. The van der Waals surface area contributed by atoms with Crippen LogP contribution in [0.3, 0.4) is 0 Å². The van der Waals surface area contributed by atoms with Gasteiger partial charge in [-0.3, -0.25) is 14.2 Å². The lowest BCUT2D eigenvalue weighted by Crippen LogP contribution is -2.11. The van der Waals surface area contributed by atoms with Crippen molar-refractivity contribution in [2.75, 3.05) is 0 Å². The monoisotopic (exact) mass is 228 g/mol. The van der Waals surface area contributed by atoms with Crippen molar-refractivity contribution in [3.63, 3.8) is 0 Å². The first kappa shape index (κ1) is 11.3. The summed E-state index contributed by atoms with van der Waals surface area (Å²) >= 11 is 0. The van der Waals surface area contributed by atoms with Crippen LogP contribution in [0.5, 0.6) is 0 Å². The standard InChI is InChI=1S/C13H12N2O2/c1-10(16)12-4-2-3-11(7-12)8-13(17)15-6-5-14-9-15/h2-7,9H,8H2,1H3. The fraction of sp³-hybridized carbons (Fsp3) is 0.154. The van der Waals surface area contributed by atoms with E-state index in [9.17, 15) is 9.59 Å². The zero-order valence-corrected chi connectivity index (χ0v) is 9.46. The zero-order valence-electron chi connectivity index (χ0n) is 9.46. The zero-order chi connectivity index (χ0) is 12.3. The van der Waals surface area contributed by atoms with Gasteiger partial charge in [0.2, 0.25) is 5.91 Å². The van der Waals surface area contributed by atoms with Crippen molar-refractivity contribution in [3.05, 3.63) is 54.1 Å². The normalized spacial score (nSPS) is 10.2. The summed E-state index contributed by atoms with van der Waals surface area (Å²) in [6.45, 7) is 1.51. The first-order chi connectivity index (χ1) is 8.16. The second-order valence-electron chi connectivity index (χ2n) is 3.80. The number of imidazole rings is 1. The van der Waals surface area contributed by atoms with E-state index in [1.807, 2.05) is 6.07 Å².